The number of fused-ring (bicyclic) bond motifs is 1. The zero-order valence-electron chi connectivity index (χ0n) is 12.0. The van der Waals surface area contributed by atoms with Crippen molar-refractivity contribution in [1.29, 1.82) is 0 Å². The molecule has 0 atom stereocenters. The molecule has 1 aromatic heterocycles. The number of aromatic nitrogens is 1. The van der Waals surface area contributed by atoms with Gasteiger partial charge in [0.05, 0.1) is 17.5 Å². The molecule has 0 saturated heterocycles. The summed E-state index contributed by atoms with van der Waals surface area (Å²) in [6.45, 7) is 1.88. The van der Waals surface area contributed by atoms with Crippen molar-refractivity contribution in [2.24, 2.45) is 0 Å². The predicted molar refractivity (Wildman–Crippen MR) is 78.4 cm³/mol. The Balaban J connectivity index is 2.57. The van der Waals surface area contributed by atoms with Gasteiger partial charge in [-0.3, -0.25) is 19.9 Å². The van der Waals surface area contributed by atoms with E-state index in [1.807, 2.05) is 6.92 Å². The molecule has 1 aromatic carbocycles. The maximum absolute atomic E-state index is 11.4. The predicted octanol–water partition coefficient (Wildman–Crippen LogP) is 2.06. The van der Waals surface area contributed by atoms with Crippen LogP contribution in [0, 0.1) is 17.0 Å². The fourth-order valence-electron chi connectivity index (χ4n) is 2.10. The number of aryl methyl sites for hydroxylation is 1. The quantitative estimate of drug-likeness (QED) is 0.486. The minimum Gasteiger partial charge on any atom is -0.468 e. The Morgan fingerprint density at radius 2 is 2.14 bits per heavy atom. The van der Waals surface area contributed by atoms with Crippen molar-refractivity contribution in [3.05, 3.63) is 40.1 Å². The lowest BCUT2D eigenvalue weighted by Crippen LogP contribution is -2.26. The number of likely N-dealkylation sites (N-methyl/N-ethyl adjacent to an activating group) is 1. The van der Waals surface area contributed by atoms with Crippen molar-refractivity contribution in [3.63, 3.8) is 0 Å². The number of nitro benzene ring substituents is 1. The van der Waals surface area contributed by atoms with Gasteiger partial charge in [-0.25, -0.2) is 0 Å². The second-order valence-corrected chi connectivity index (χ2v) is 4.67. The Hall–Kier alpha value is -2.70. The number of nitrogens with zero attached hydrogens (tertiary/aromatic N) is 3. The number of esters is 1. The van der Waals surface area contributed by atoms with Gasteiger partial charge in [0, 0.05) is 35.9 Å². The first-order valence-corrected chi connectivity index (χ1v) is 6.26. The third kappa shape index (κ3) is 3.07. The van der Waals surface area contributed by atoms with E-state index in [1.165, 1.54) is 19.2 Å². The highest BCUT2D eigenvalue weighted by Gasteiger charge is 2.15. The van der Waals surface area contributed by atoms with Crippen LogP contribution in [0.4, 0.5) is 11.4 Å². The fraction of sp³-hybridized carbons (Fsp3) is 0.286. The van der Waals surface area contributed by atoms with Crippen LogP contribution in [0.25, 0.3) is 10.9 Å². The maximum atomic E-state index is 11.4. The largest absolute Gasteiger partial charge is 0.468 e. The van der Waals surface area contributed by atoms with Gasteiger partial charge in [-0.1, -0.05) is 0 Å². The number of nitro groups is 1. The molecule has 0 radical (unpaired) electrons. The van der Waals surface area contributed by atoms with E-state index in [2.05, 4.69) is 9.72 Å². The normalized spacial score (nSPS) is 10.4. The van der Waals surface area contributed by atoms with Gasteiger partial charge in [0.2, 0.25) is 0 Å². The molecule has 7 nitrogen and oxygen atoms in total. The lowest BCUT2D eigenvalue weighted by molar-refractivity contribution is -0.384. The van der Waals surface area contributed by atoms with Crippen molar-refractivity contribution < 1.29 is 14.5 Å². The topological polar surface area (TPSA) is 85.6 Å². The van der Waals surface area contributed by atoms with Gasteiger partial charge in [0.15, 0.2) is 0 Å². The Morgan fingerprint density at radius 1 is 1.43 bits per heavy atom. The number of carbonyl (C=O) groups is 1. The minimum atomic E-state index is -0.455. The number of rotatable bonds is 4. The molecule has 0 fully saturated rings. The summed E-state index contributed by atoms with van der Waals surface area (Å²) in [6.07, 6.45) is 0. The minimum absolute atomic E-state index is 0.0131. The van der Waals surface area contributed by atoms with E-state index in [4.69, 9.17) is 0 Å². The molecule has 110 valence electrons. The molecule has 7 heteroatoms. The fourth-order valence-corrected chi connectivity index (χ4v) is 2.10. The van der Waals surface area contributed by atoms with Crippen molar-refractivity contribution in [3.8, 4) is 0 Å². The molecule has 1 heterocycles. The Labute approximate surface area is 121 Å². The van der Waals surface area contributed by atoms with E-state index in [1.54, 1.807) is 24.1 Å². The summed E-state index contributed by atoms with van der Waals surface area (Å²) in [4.78, 5) is 27.9. The first-order valence-electron chi connectivity index (χ1n) is 6.26. The molecule has 0 aliphatic heterocycles. The summed E-state index contributed by atoms with van der Waals surface area (Å²) >= 11 is 0. The van der Waals surface area contributed by atoms with Crippen LogP contribution in [-0.2, 0) is 9.53 Å². The third-order valence-corrected chi connectivity index (χ3v) is 3.11. The summed E-state index contributed by atoms with van der Waals surface area (Å²) in [5.41, 5.74) is 2.10. The van der Waals surface area contributed by atoms with Crippen molar-refractivity contribution in [2.75, 3.05) is 25.6 Å². The zero-order chi connectivity index (χ0) is 15.6. The molecule has 0 aliphatic rings. The number of anilines is 1. The third-order valence-electron chi connectivity index (χ3n) is 3.11. The standard InChI is InChI=1S/C14H15N3O4/c1-9-6-13(16(2)8-14(18)21-3)11-7-10(17(19)20)4-5-12(11)15-9/h4-7H,8H2,1-3H3. The first-order chi connectivity index (χ1) is 9.92. The van der Waals surface area contributed by atoms with E-state index < -0.39 is 4.92 Å². The molecule has 0 amide bonds. The summed E-state index contributed by atoms with van der Waals surface area (Å²) in [7, 11) is 3.04. The smallest absolute Gasteiger partial charge is 0.325 e. The molecule has 0 unspecified atom stereocenters. The molecule has 0 bridgehead atoms. The molecule has 0 spiro atoms. The lowest BCUT2D eigenvalue weighted by atomic mass is 10.1. The summed E-state index contributed by atoms with van der Waals surface area (Å²) in [6, 6.07) is 6.27. The number of carbonyl (C=O) groups excluding carboxylic acids is 1. The molecule has 0 saturated carbocycles. The van der Waals surface area contributed by atoms with E-state index in [0.717, 1.165) is 5.69 Å². The molecule has 0 aliphatic carbocycles. The average molecular weight is 289 g/mol. The Bertz CT molecular complexity index is 715. The van der Waals surface area contributed by atoms with E-state index in [9.17, 15) is 14.9 Å². The van der Waals surface area contributed by atoms with Gasteiger partial charge in [-0.2, -0.15) is 0 Å². The number of non-ortho nitro benzene ring substituents is 1. The molecule has 2 aromatic rings. The Kier molecular flexibility index (Phi) is 4.02. The van der Waals surface area contributed by atoms with Gasteiger partial charge in [0.1, 0.15) is 6.54 Å². The van der Waals surface area contributed by atoms with Crippen LogP contribution in [0.5, 0.6) is 0 Å². The van der Waals surface area contributed by atoms with Crippen LogP contribution in [0.3, 0.4) is 0 Å². The highest BCUT2D eigenvalue weighted by Crippen LogP contribution is 2.29. The number of hydrogen-bond donors (Lipinski definition) is 0. The van der Waals surface area contributed by atoms with Crippen LogP contribution in [0.15, 0.2) is 24.3 Å². The molecule has 2 rings (SSSR count). The monoisotopic (exact) mass is 289 g/mol. The molecular formula is C14H15N3O4. The van der Waals surface area contributed by atoms with Crippen LogP contribution in [-0.4, -0.2) is 36.6 Å². The molecule has 0 N–H and O–H groups in total. The van der Waals surface area contributed by atoms with E-state index >= 15 is 0 Å². The summed E-state index contributed by atoms with van der Waals surface area (Å²) in [5.74, 6) is -0.384. The van der Waals surface area contributed by atoms with Crippen LogP contribution in [0.2, 0.25) is 0 Å². The second-order valence-electron chi connectivity index (χ2n) is 4.67. The first kappa shape index (κ1) is 14.7. The number of pyridine rings is 1. The van der Waals surface area contributed by atoms with Crippen molar-refractivity contribution >= 4 is 28.2 Å². The maximum Gasteiger partial charge on any atom is 0.325 e. The molecular weight excluding hydrogens is 274 g/mol. The van der Waals surface area contributed by atoms with Crippen LogP contribution in [0.1, 0.15) is 5.69 Å². The second kappa shape index (κ2) is 5.74. The Morgan fingerprint density at radius 3 is 2.76 bits per heavy atom. The average Bonchev–Trinajstić information content (AvgIpc) is 2.45. The number of methoxy groups -OCH3 is 1. The van der Waals surface area contributed by atoms with E-state index in [-0.39, 0.29) is 18.2 Å². The van der Waals surface area contributed by atoms with Gasteiger partial charge in [-0.05, 0) is 19.1 Å². The van der Waals surface area contributed by atoms with Gasteiger partial charge in [0.25, 0.3) is 5.69 Å². The summed E-state index contributed by atoms with van der Waals surface area (Å²) < 4.78 is 4.64. The SMILES string of the molecule is COC(=O)CN(C)c1cc(C)nc2ccc([N+](=O)[O-])cc12. The lowest BCUT2D eigenvalue weighted by Gasteiger charge is -2.20. The van der Waals surface area contributed by atoms with Gasteiger partial charge >= 0.3 is 5.97 Å². The molecule has 21 heavy (non-hydrogen) atoms. The number of ether oxygens (including phenoxy) is 1. The highest BCUT2D eigenvalue weighted by molar-refractivity contribution is 5.94. The number of hydrogen-bond acceptors (Lipinski definition) is 6. The summed E-state index contributed by atoms with van der Waals surface area (Å²) in [5, 5.41) is 11.5. The van der Waals surface area contributed by atoms with Crippen molar-refractivity contribution in [1.82, 2.24) is 4.98 Å². The van der Waals surface area contributed by atoms with Gasteiger partial charge in [-0.15, -0.1) is 0 Å². The van der Waals surface area contributed by atoms with Gasteiger partial charge < -0.3 is 9.64 Å². The van der Waals surface area contributed by atoms with E-state index in [0.29, 0.717) is 16.6 Å². The van der Waals surface area contributed by atoms with Crippen LogP contribution < -0.4 is 4.90 Å². The highest BCUT2D eigenvalue weighted by atomic mass is 16.6. The van der Waals surface area contributed by atoms with Crippen LogP contribution >= 0.6 is 0 Å². The number of benzene rings is 1. The zero-order valence-corrected chi connectivity index (χ0v) is 12.0. The van der Waals surface area contributed by atoms with Crippen molar-refractivity contribution in [2.45, 2.75) is 6.92 Å².